The number of hydrogen-bond donors (Lipinski definition) is 1. The largest absolute Gasteiger partial charge is 0.354 e. The van der Waals surface area contributed by atoms with Gasteiger partial charge in [0.05, 0.1) is 5.75 Å². The highest BCUT2D eigenvalue weighted by atomic mass is 32.2. The van der Waals surface area contributed by atoms with E-state index in [9.17, 15) is 9.59 Å². The van der Waals surface area contributed by atoms with E-state index >= 15 is 0 Å². The Hall–Kier alpha value is -2.27. The third-order valence-corrected chi connectivity index (χ3v) is 5.83. The molecule has 2 aromatic rings. The smallest absolute Gasteiger partial charge is 0.242 e. The van der Waals surface area contributed by atoms with Crippen molar-refractivity contribution < 1.29 is 9.59 Å². The average molecular weight is 427 g/mol. The summed E-state index contributed by atoms with van der Waals surface area (Å²) in [5, 5.41) is 3.01. The summed E-state index contributed by atoms with van der Waals surface area (Å²) in [5.41, 5.74) is 3.39. The molecular weight excluding hydrogens is 392 g/mol. The van der Waals surface area contributed by atoms with E-state index in [0.29, 0.717) is 31.2 Å². The van der Waals surface area contributed by atoms with Gasteiger partial charge in [-0.05, 0) is 30.4 Å². The van der Waals surface area contributed by atoms with Gasteiger partial charge in [0.15, 0.2) is 0 Å². The molecule has 0 radical (unpaired) electrons. The van der Waals surface area contributed by atoms with Crippen LogP contribution in [0.25, 0.3) is 0 Å². The van der Waals surface area contributed by atoms with E-state index in [1.807, 2.05) is 50.2 Å². The molecule has 0 aliphatic heterocycles. The highest BCUT2D eigenvalue weighted by Gasteiger charge is 2.28. The zero-order valence-electron chi connectivity index (χ0n) is 18.6. The fourth-order valence-corrected chi connectivity index (χ4v) is 4.13. The molecule has 0 saturated heterocycles. The van der Waals surface area contributed by atoms with Crippen molar-refractivity contribution >= 4 is 23.6 Å². The zero-order valence-corrected chi connectivity index (χ0v) is 19.4. The lowest BCUT2D eigenvalue weighted by molar-refractivity contribution is -0.139. The van der Waals surface area contributed by atoms with E-state index in [-0.39, 0.29) is 11.8 Å². The normalized spacial score (nSPS) is 11.9. The lowest BCUT2D eigenvalue weighted by Gasteiger charge is -2.31. The molecule has 0 fully saturated rings. The summed E-state index contributed by atoms with van der Waals surface area (Å²) in [7, 11) is 0. The zero-order chi connectivity index (χ0) is 21.9. The number of hydrogen-bond acceptors (Lipinski definition) is 3. The van der Waals surface area contributed by atoms with Crippen LogP contribution in [0.5, 0.6) is 0 Å². The summed E-state index contributed by atoms with van der Waals surface area (Å²) >= 11 is 1.59. The summed E-state index contributed by atoms with van der Waals surface area (Å²) in [6, 6.07) is 17.8. The molecule has 0 unspecified atom stereocenters. The number of carbonyl (C=O) groups excluding carboxylic acids is 2. The third kappa shape index (κ3) is 7.86. The van der Waals surface area contributed by atoms with E-state index in [1.54, 1.807) is 16.7 Å². The van der Waals surface area contributed by atoms with Crippen LogP contribution >= 0.6 is 11.8 Å². The predicted molar refractivity (Wildman–Crippen MR) is 126 cm³/mol. The summed E-state index contributed by atoms with van der Waals surface area (Å²) in [4.78, 5) is 27.8. The molecule has 0 heterocycles. The Bertz CT molecular complexity index is 808. The first-order valence-corrected chi connectivity index (χ1v) is 11.8. The molecule has 2 aromatic carbocycles. The van der Waals surface area contributed by atoms with E-state index in [4.69, 9.17) is 0 Å². The van der Waals surface area contributed by atoms with Crippen LogP contribution in [-0.4, -0.2) is 35.1 Å². The fraction of sp³-hybridized carbons (Fsp3) is 0.440. The van der Waals surface area contributed by atoms with Crippen LogP contribution in [0.2, 0.25) is 0 Å². The van der Waals surface area contributed by atoms with Crippen molar-refractivity contribution in [3.05, 3.63) is 71.3 Å². The Morgan fingerprint density at radius 3 is 2.37 bits per heavy atom. The first-order chi connectivity index (χ1) is 14.4. The quantitative estimate of drug-likeness (QED) is 0.561. The highest BCUT2D eigenvalue weighted by molar-refractivity contribution is 7.99. The highest BCUT2D eigenvalue weighted by Crippen LogP contribution is 2.18. The molecule has 0 aromatic heterocycles. The fourth-order valence-electron chi connectivity index (χ4n) is 3.26. The van der Waals surface area contributed by atoms with Gasteiger partial charge in [0.25, 0.3) is 0 Å². The Kier molecular flexibility index (Phi) is 9.95. The molecular formula is C25H34N2O2S. The number of rotatable bonds is 11. The second kappa shape index (κ2) is 12.4. The van der Waals surface area contributed by atoms with Crippen molar-refractivity contribution in [2.45, 2.75) is 52.5 Å². The van der Waals surface area contributed by atoms with Crippen molar-refractivity contribution in [2.24, 2.45) is 5.92 Å². The lowest BCUT2D eigenvalue weighted by atomic mass is 10.1. The monoisotopic (exact) mass is 426 g/mol. The van der Waals surface area contributed by atoms with Gasteiger partial charge in [-0.1, -0.05) is 80.9 Å². The lowest BCUT2D eigenvalue weighted by Crippen LogP contribution is -2.50. The molecule has 4 nitrogen and oxygen atoms in total. The van der Waals surface area contributed by atoms with Gasteiger partial charge in [0.2, 0.25) is 11.8 Å². The van der Waals surface area contributed by atoms with Crippen molar-refractivity contribution in [3.8, 4) is 0 Å². The molecule has 1 atom stereocenters. The van der Waals surface area contributed by atoms with Gasteiger partial charge in [-0.3, -0.25) is 9.59 Å². The van der Waals surface area contributed by atoms with Crippen molar-refractivity contribution in [1.82, 2.24) is 10.2 Å². The molecule has 30 heavy (non-hydrogen) atoms. The number of carbonyl (C=O) groups is 2. The van der Waals surface area contributed by atoms with Gasteiger partial charge in [0, 0.05) is 18.8 Å². The molecule has 0 saturated carbocycles. The maximum atomic E-state index is 13.2. The van der Waals surface area contributed by atoms with E-state index < -0.39 is 6.04 Å². The van der Waals surface area contributed by atoms with Crippen LogP contribution in [-0.2, 0) is 21.9 Å². The third-order valence-electron chi connectivity index (χ3n) is 4.84. The number of aryl methyl sites for hydroxylation is 1. The Labute approximate surface area is 185 Å². The van der Waals surface area contributed by atoms with Gasteiger partial charge < -0.3 is 10.2 Å². The summed E-state index contributed by atoms with van der Waals surface area (Å²) in [5.74, 6) is 1.44. The molecule has 162 valence electrons. The van der Waals surface area contributed by atoms with Crippen LogP contribution in [0.4, 0.5) is 0 Å². The van der Waals surface area contributed by atoms with Crippen molar-refractivity contribution in [1.29, 1.82) is 0 Å². The number of benzene rings is 2. The van der Waals surface area contributed by atoms with Crippen molar-refractivity contribution in [3.63, 3.8) is 0 Å². The van der Waals surface area contributed by atoms with Gasteiger partial charge in [-0.2, -0.15) is 0 Å². The van der Waals surface area contributed by atoms with Gasteiger partial charge in [-0.25, -0.2) is 0 Å². The molecule has 5 heteroatoms. The van der Waals surface area contributed by atoms with Crippen LogP contribution in [0, 0.1) is 12.8 Å². The van der Waals surface area contributed by atoms with Gasteiger partial charge >= 0.3 is 0 Å². The second-order valence-electron chi connectivity index (χ2n) is 8.05. The Morgan fingerprint density at radius 2 is 1.73 bits per heavy atom. The molecule has 1 N–H and O–H groups in total. The summed E-state index contributed by atoms with van der Waals surface area (Å²) < 4.78 is 0. The van der Waals surface area contributed by atoms with Crippen LogP contribution < -0.4 is 5.32 Å². The maximum Gasteiger partial charge on any atom is 0.242 e. The molecule has 0 aliphatic rings. The van der Waals surface area contributed by atoms with Crippen LogP contribution in [0.3, 0.4) is 0 Å². The van der Waals surface area contributed by atoms with E-state index in [2.05, 4.69) is 37.4 Å². The predicted octanol–water partition coefficient (Wildman–Crippen LogP) is 4.81. The molecule has 0 aliphatic carbocycles. The number of amides is 2. The minimum Gasteiger partial charge on any atom is -0.354 e. The Balaban J connectivity index is 2.11. The Morgan fingerprint density at radius 1 is 1.03 bits per heavy atom. The maximum absolute atomic E-state index is 13.2. The molecule has 2 rings (SSSR count). The van der Waals surface area contributed by atoms with E-state index in [1.165, 1.54) is 5.56 Å². The minimum absolute atomic E-state index is 0.00369. The number of nitrogens with one attached hydrogen (secondary N) is 1. The van der Waals surface area contributed by atoms with Gasteiger partial charge in [0.1, 0.15) is 6.04 Å². The van der Waals surface area contributed by atoms with Crippen LogP contribution in [0.1, 0.15) is 43.9 Å². The average Bonchev–Trinajstić information content (AvgIpc) is 2.72. The molecule has 2 amide bonds. The minimum atomic E-state index is -0.464. The molecule has 0 spiro atoms. The summed E-state index contributed by atoms with van der Waals surface area (Å²) in [6.45, 7) is 9.20. The van der Waals surface area contributed by atoms with Gasteiger partial charge in [-0.15, -0.1) is 11.8 Å². The van der Waals surface area contributed by atoms with Crippen LogP contribution in [0.15, 0.2) is 54.6 Å². The number of nitrogens with zero attached hydrogens (tertiary/aromatic N) is 1. The number of thioether (sulfide) groups is 1. The molecule has 0 bridgehead atoms. The van der Waals surface area contributed by atoms with Crippen molar-refractivity contribution in [2.75, 3.05) is 12.3 Å². The standard InChI is InChI=1S/C25H34N2O2S/c1-5-23(25(29)26-15-19(2)3)27(16-22-13-9-10-20(4)14-22)24(28)18-30-17-21-11-7-6-8-12-21/h6-14,19,23H,5,15-18H2,1-4H3,(H,26,29)/t23-/m1/s1. The SMILES string of the molecule is CC[C@H](C(=O)NCC(C)C)N(Cc1cccc(C)c1)C(=O)CSCc1ccccc1. The first-order valence-electron chi connectivity index (χ1n) is 10.6. The first kappa shape index (κ1) is 24.0. The van der Waals surface area contributed by atoms with E-state index in [0.717, 1.165) is 16.9 Å². The second-order valence-corrected chi connectivity index (χ2v) is 9.04. The topological polar surface area (TPSA) is 49.4 Å². The summed E-state index contributed by atoms with van der Waals surface area (Å²) in [6.07, 6.45) is 0.588.